The quantitative estimate of drug-likeness (QED) is 0.472. The molecular weight excluding hydrogens is 408 g/mol. The molecule has 0 fully saturated rings. The van der Waals surface area contributed by atoms with E-state index >= 15 is 0 Å². The summed E-state index contributed by atoms with van der Waals surface area (Å²) in [5.74, 6) is 1.70. The fraction of sp³-hybridized carbons (Fsp3) is 0.269. The Labute approximate surface area is 188 Å². The van der Waals surface area contributed by atoms with Crippen LogP contribution in [-0.2, 0) is 0 Å². The van der Waals surface area contributed by atoms with Gasteiger partial charge in [-0.15, -0.1) is 0 Å². The lowest BCUT2D eigenvalue weighted by Crippen LogP contribution is -2.30. The Morgan fingerprint density at radius 2 is 1.41 bits per heavy atom. The summed E-state index contributed by atoms with van der Waals surface area (Å²) in [7, 11) is 4.69. The molecule has 6 nitrogen and oxygen atoms in total. The highest BCUT2D eigenvalue weighted by atomic mass is 16.5. The monoisotopic (exact) mass is 436 g/mol. The van der Waals surface area contributed by atoms with Crippen molar-refractivity contribution in [2.24, 2.45) is 0 Å². The average molecular weight is 437 g/mol. The van der Waals surface area contributed by atoms with Gasteiger partial charge in [0.25, 0.3) is 0 Å². The summed E-state index contributed by atoms with van der Waals surface area (Å²) in [6, 6.07) is 20.5. The molecule has 0 aliphatic carbocycles. The van der Waals surface area contributed by atoms with E-state index in [9.17, 15) is 9.90 Å². The van der Waals surface area contributed by atoms with Crippen molar-refractivity contribution in [1.82, 2.24) is 0 Å². The Morgan fingerprint density at radius 1 is 0.781 bits per heavy atom. The van der Waals surface area contributed by atoms with Crippen molar-refractivity contribution < 1.29 is 28.8 Å². The molecule has 3 aromatic rings. The molecule has 0 saturated heterocycles. The summed E-state index contributed by atoms with van der Waals surface area (Å²) in [6.45, 7) is 1.25. The number of benzene rings is 3. The van der Waals surface area contributed by atoms with Gasteiger partial charge in [-0.2, -0.15) is 0 Å². The van der Waals surface area contributed by atoms with Crippen molar-refractivity contribution in [3.05, 3.63) is 83.4 Å². The van der Waals surface area contributed by atoms with E-state index in [1.165, 1.54) is 14.0 Å². The fourth-order valence-electron chi connectivity index (χ4n) is 3.69. The predicted molar refractivity (Wildman–Crippen MR) is 122 cm³/mol. The van der Waals surface area contributed by atoms with Crippen LogP contribution in [-0.4, -0.2) is 44.9 Å². The second-order valence-electron chi connectivity index (χ2n) is 7.26. The molecule has 32 heavy (non-hydrogen) atoms. The first-order chi connectivity index (χ1) is 15.5. The zero-order valence-corrected chi connectivity index (χ0v) is 18.7. The molecule has 3 rings (SSSR count). The number of methoxy groups -OCH3 is 3. The van der Waals surface area contributed by atoms with Gasteiger partial charge in [0.05, 0.1) is 27.9 Å². The van der Waals surface area contributed by atoms with Crippen LogP contribution in [0.3, 0.4) is 0 Å². The SMILES string of the molecule is COc1ccc(C(c2ccccc2)C(CO)Oc2ccc(C(C)=O)cc2OC)cc1OC. The van der Waals surface area contributed by atoms with Crippen LogP contribution in [0.5, 0.6) is 23.0 Å². The molecule has 2 atom stereocenters. The first kappa shape index (κ1) is 23.2. The van der Waals surface area contributed by atoms with E-state index in [-0.39, 0.29) is 18.3 Å². The minimum atomic E-state index is -0.632. The average Bonchev–Trinajstić information content (AvgIpc) is 2.84. The lowest BCUT2D eigenvalue weighted by molar-refractivity contribution is 0.0988. The van der Waals surface area contributed by atoms with Crippen molar-refractivity contribution in [1.29, 1.82) is 0 Å². The van der Waals surface area contributed by atoms with Gasteiger partial charge >= 0.3 is 0 Å². The van der Waals surface area contributed by atoms with Crippen LogP contribution in [0.4, 0.5) is 0 Å². The molecule has 0 aliphatic rings. The van der Waals surface area contributed by atoms with Gasteiger partial charge in [0.1, 0.15) is 6.10 Å². The number of Topliss-reactive ketones (excluding diaryl/α,β-unsaturated/α-hetero) is 1. The first-order valence-corrected chi connectivity index (χ1v) is 10.3. The maximum Gasteiger partial charge on any atom is 0.161 e. The highest BCUT2D eigenvalue weighted by Gasteiger charge is 2.28. The molecular formula is C26H28O6. The van der Waals surface area contributed by atoms with E-state index < -0.39 is 6.10 Å². The lowest BCUT2D eigenvalue weighted by atomic mass is 9.86. The highest BCUT2D eigenvalue weighted by molar-refractivity contribution is 5.94. The van der Waals surface area contributed by atoms with Crippen molar-refractivity contribution in [2.45, 2.75) is 18.9 Å². The molecule has 2 unspecified atom stereocenters. The second kappa shape index (κ2) is 10.7. The van der Waals surface area contributed by atoms with Crippen LogP contribution in [0.2, 0.25) is 0 Å². The number of hydrogen-bond donors (Lipinski definition) is 1. The molecule has 3 aromatic carbocycles. The van der Waals surface area contributed by atoms with Crippen molar-refractivity contribution >= 4 is 5.78 Å². The number of carbonyl (C=O) groups is 1. The fourth-order valence-corrected chi connectivity index (χ4v) is 3.69. The molecule has 6 heteroatoms. The van der Waals surface area contributed by atoms with Gasteiger partial charge in [0.2, 0.25) is 0 Å². The third kappa shape index (κ3) is 5.03. The summed E-state index contributed by atoms with van der Waals surface area (Å²) in [4.78, 5) is 11.7. The van der Waals surface area contributed by atoms with Crippen LogP contribution in [0, 0.1) is 0 Å². The van der Waals surface area contributed by atoms with E-state index in [1.807, 2.05) is 48.5 Å². The molecule has 0 aromatic heterocycles. The van der Waals surface area contributed by atoms with Crippen molar-refractivity contribution in [3.63, 3.8) is 0 Å². The Kier molecular flexibility index (Phi) is 7.73. The van der Waals surface area contributed by atoms with Gasteiger partial charge in [-0.25, -0.2) is 0 Å². The van der Waals surface area contributed by atoms with Crippen molar-refractivity contribution in [2.75, 3.05) is 27.9 Å². The Bertz CT molecular complexity index is 1050. The maximum atomic E-state index is 11.7. The topological polar surface area (TPSA) is 74.2 Å². The lowest BCUT2D eigenvalue weighted by Gasteiger charge is -2.28. The summed E-state index contributed by atoms with van der Waals surface area (Å²) in [6.07, 6.45) is -0.632. The zero-order valence-electron chi connectivity index (χ0n) is 18.7. The van der Waals surface area contributed by atoms with E-state index in [0.717, 1.165) is 11.1 Å². The number of rotatable bonds is 10. The summed E-state index contributed by atoms with van der Waals surface area (Å²) in [5, 5.41) is 10.3. The number of aliphatic hydroxyl groups is 1. The van der Waals surface area contributed by atoms with Crippen LogP contribution in [0.25, 0.3) is 0 Å². The van der Waals surface area contributed by atoms with Crippen molar-refractivity contribution in [3.8, 4) is 23.0 Å². The van der Waals surface area contributed by atoms with E-state index in [4.69, 9.17) is 18.9 Å². The van der Waals surface area contributed by atoms with Crippen LogP contribution >= 0.6 is 0 Å². The highest BCUT2D eigenvalue weighted by Crippen LogP contribution is 2.38. The van der Waals surface area contributed by atoms with Crippen LogP contribution in [0.15, 0.2) is 66.7 Å². The molecule has 0 bridgehead atoms. The minimum Gasteiger partial charge on any atom is -0.493 e. The summed E-state index contributed by atoms with van der Waals surface area (Å²) < 4.78 is 22.6. The largest absolute Gasteiger partial charge is 0.493 e. The van der Waals surface area contributed by atoms with Gasteiger partial charge in [-0.05, 0) is 48.4 Å². The molecule has 0 radical (unpaired) electrons. The van der Waals surface area contributed by atoms with Gasteiger partial charge in [0, 0.05) is 11.5 Å². The summed E-state index contributed by atoms with van der Waals surface area (Å²) >= 11 is 0. The van der Waals surface area contributed by atoms with Crippen LogP contribution < -0.4 is 18.9 Å². The third-order valence-corrected chi connectivity index (χ3v) is 5.33. The van der Waals surface area contributed by atoms with E-state index in [2.05, 4.69) is 0 Å². The zero-order chi connectivity index (χ0) is 23.1. The van der Waals surface area contributed by atoms with Gasteiger partial charge in [-0.3, -0.25) is 4.79 Å². The Balaban J connectivity index is 2.05. The van der Waals surface area contributed by atoms with Gasteiger partial charge < -0.3 is 24.1 Å². The molecule has 0 saturated carbocycles. The number of hydrogen-bond acceptors (Lipinski definition) is 6. The number of carbonyl (C=O) groups excluding carboxylic acids is 1. The first-order valence-electron chi connectivity index (χ1n) is 10.3. The third-order valence-electron chi connectivity index (χ3n) is 5.33. The van der Waals surface area contributed by atoms with Gasteiger partial charge in [0.15, 0.2) is 28.8 Å². The van der Waals surface area contributed by atoms with Gasteiger partial charge in [-0.1, -0.05) is 36.4 Å². The Morgan fingerprint density at radius 3 is 2.00 bits per heavy atom. The van der Waals surface area contributed by atoms with Crippen LogP contribution in [0.1, 0.15) is 34.3 Å². The molecule has 0 aliphatic heterocycles. The number of aliphatic hydroxyl groups excluding tert-OH is 1. The molecule has 0 heterocycles. The number of ether oxygens (including phenoxy) is 4. The second-order valence-corrected chi connectivity index (χ2v) is 7.26. The Hall–Kier alpha value is -3.51. The molecule has 0 amide bonds. The molecule has 1 N–H and O–H groups in total. The smallest absolute Gasteiger partial charge is 0.161 e. The minimum absolute atomic E-state index is 0.0685. The van der Waals surface area contributed by atoms with E-state index in [0.29, 0.717) is 28.6 Å². The molecule has 0 spiro atoms. The summed E-state index contributed by atoms with van der Waals surface area (Å²) in [5.41, 5.74) is 2.39. The number of ketones is 1. The predicted octanol–water partition coefficient (Wildman–Crippen LogP) is 4.49. The standard InChI is InChI=1S/C26H28O6/c1-17(28)19-10-13-22(24(14-19)31-4)32-25(16-27)26(18-8-6-5-7-9-18)20-11-12-21(29-2)23(15-20)30-3/h5-15,25-27H,16H2,1-4H3. The van der Waals surface area contributed by atoms with E-state index in [1.54, 1.807) is 32.4 Å². The molecule has 168 valence electrons. The maximum absolute atomic E-state index is 11.7. The normalized spacial score (nSPS) is 12.5.